The predicted molar refractivity (Wildman–Crippen MR) is 77.0 cm³/mol. The molecular weight excluding hydrogens is 308 g/mol. The van der Waals surface area contributed by atoms with Gasteiger partial charge in [-0.2, -0.15) is 0 Å². The van der Waals surface area contributed by atoms with Gasteiger partial charge in [0.2, 0.25) is 0 Å². The van der Waals surface area contributed by atoms with Crippen molar-refractivity contribution in [1.29, 1.82) is 0 Å². The molecule has 0 unspecified atom stereocenters. The number of hydrogen-bond donors (Lipinski definition) is 0. The Balaban J connectivity index is 2.63. The van der Waals surface area contributed by atoms with Crippen molar-refractivity contribution < 1.29 is 0 Å². The molecule has 1 heterocycles. The Bertz CT molecular complexity index is 755. The Kier molecular flexibility index (Phi) is 3.72. The number of nitrogens with zero attached hydrogens (tertiary/aromatic N) is 2. The molecule has 0 spiro atoms. The van der Waals surface area contributed by atoms with Gasteiger partial charge in [-0.3, -0.25) is 13.9 Å². The number of benzene rings is 1. The zero-order valence-corrected chi connectivity index (χ0v) is 12.1. The fraction of sp³-hybridized carbons (Fsp3) is 0.143. The summed E-state index contributed by atoms with van der Waals surface area (Å²) in [4.78, 5) is 23.6. The molecule has 2 aromatic rings. The molecule has 0 aliphatic heterocycles. The third kappa shape index (κ3) is 2.54. The first-order chi connectivity index (χ1) is 9.02. The summed E-state index contributed by atoms with van der Waals surface area (Å²) in [5.41, 5.74) is 0.408. The van der Waals surface area contributed by atoms with Crippen LogP contribution >= 0.6 is 15.9 Å². The van der Waals surface area contributed by atoms with Crippen molar-refractivity contribution in [2.24, 2.45) is 14.1 Å². The van der Waals surface area contributed by atoms with Crippen LogP contribution < -0.4 is 11.2 Å². The Hall–Kier alpha value is -2.06. The highest BCUT2D eigenvalue weighted by Gasteiger charge is 2.10. The SMILES string of the molecule is Cn1c(C#Cc2ccccc2)c(Br)c(=O)n(C)c1=O. The summed E-state index contributed by atoms with van der Waals surface area (Å²) in [5, 5.41) is 0. The first-order valence-corrected chi connectivity index (χ1v) is 6.34. The Morgan fingerprint density at radius 2 is 1.63 bits per heavy atom. The lowest BCUT2D eigenvalue weighted by molar-refractivity contribution is 0.673. The van der Waals surface area contributed by atoms with E-state index in [0.717, 1.165) is 10.1 Å². The number of hydrogen-bond acceptors (Lipinski definition) is 2. The molecule has 5 heteroatoms. The molecule has 0 aliphatic carbocycles. The molecule has 1 aromatic carbocycles. The minimum Gasteiger partial charge on any atom is -0.288 e. The van der Waals surface area contributed by atoms with E-state index in [-0.39, 0.29) is 5.56 Å². The molecule has 0 bridgehead atoms. The molecule has 1 aromatic heterocycles. The summed E-state index contributed by atoms with van der Waals surface area (Å²) in [5.74, 6) is 5.79. The van der Waals surface area contributed by atoms with Gasteiger partial charge < -0.3 is 0 Å². The van der Waals surface area contributed by atoms with E-state index in [0.29, 0.717) is 10.2 Å². The highest BCUT2D eigenvalue weighted by molar-refractivity contribution is 9.10. The van der Waals surface area contributed by atoms with Crippen LogP contribution in [0.1, 0.15) is 11.3 Å². The van der Waals surface area contributed by atoms with Gasteiger partial charge >= 0.3 is 5.69 Å². The van der Waals surface area contributed by atoms with Gasteiger partial charge in [-0.15, -0.1) is 0 Å². The summed E-state index contributed by atoms with van der Waals surface area (Å²) >= 11 is 3.19. The lowest BCUT2D eigenvalue weighted by Crippen LogP contribution is -2.38. The molecule has 0 atom stereocenters. The fourth-order valence-corrected chi connectivity index (χ4v) is 2.23. The average Bonchev–Trinajstić information content (AvgIpc) is 2.44. The molecule has 96 valence electrons. The monoisotopic (exact) mass is 318 g/mol. The van der Waals surface area contributed by atoms with Crippen molar-refractivity contribution in [3.8, 4) is 11.8 Å². The van der Waals surface area contributed by atoms with Crippen LogP contribution in [0, 0.1) is 11.8 Å². The zero-order chi connectivity index (χ0) is 14.0. The third-order valence-corrected chi connectivity index (χ3v) is 3.42. The first-order valence-electron chi connectivity index (χ1n) is 5.55. The van der Waals surface area contributed by atoms with Gasteiger partial charge in [-0.25, -0.2) is 4.79 Å². The zero-order valence-electron chi connectivity index (χ0n) is 10.5. The van der Waals surface area contributed by atoms with E-state index < -0.39 is 5.69 Å². The number of aromatic nitrogens is 2. The van der Waals surface area contributed by atoms with Crippen LogP contribution in [0.3, 0.4) is 0 Å². The van der Waals surface area contributed by atoms with E-state index in [4.69, 9.17) is 0 Å². The van der Waals surface area contributed by atoms with E-state index in [1.807, 2.05) is 30.3 Å². The summed E-state index contributed by atoms with van der Waals surface area (Å²) in [6.45, 7) is 0. The maximum atomic E-state index is 11.8. The molecule has 0 saturated carbocycles. The van der Waals surface area contributed by atoms with Crippen molar-refractivity contribution in [1.82, 2.24) is 9.13 Å². The van der Waals surface area contributed by atoms with Gasteiger partial charge in [0.25, 0.3) is 5.56 Å². The predicted octanol–water partition coefficient (Wildman–Crippen LogP) is 1.25. The van der Waals surface area contributed by atoms with Crippen LogP contribution in [-0.2, 0) is 14.1 Å². The molecule has 0 N–H and O–H groups in total. The van der Waals surface area contributed by atoms with E-state index in [1.54, 1.807) is 7.05 Å². The molecule has 19 heavy (non-hydrogen) atoms. The van der Waals surface area contributed by atoms with Crippen molar-refractivity contribution in [3.63, 3.8) is 0 Å². The maximum absolute atomic E-state index is 11.8. The minimum atomic E-state index is -0.398. The molecule has 4 nitrogen and oxygen atoms in total. The molecule has 0 aliphatic rings. The van der Waals surface area contributed by atoms with Gasteiger partial charge in [-0.05, 0) is 34.0 Å². The lowest BCUT2D eigenvalue weighted by Gasteiger charge is -2.06. The number of halogens is 1. The third-order valence-electron chi connectivity index (χ3n) is 2.71. The molecule has 2 rings (SSSR count). The van der Waals surface area contributed by atoms with Crippen molar-refractivity contribution in [2.45, 2.75) is 0 Å². The highest BCUT2D eigenvalue weighted by Crippen LogP contribution is 2.07. The quantitative estimate of drug-likeness (QED) is 0.686. The highest BCUT2D eigenvalue weighted by atomic mass is 79.9. The molecule has 0 saturated heterocycles. The largest absolute Gasteiger partial charge is 0.331 e. The van der Waals surface area contributed by atoms with E-state index in [1.165, 1.54) is 11.6 Å². The summed E-state index contributed by atoms with van der Waals surface area (Å²) in [7, 11) is 3.02. The van der Waals surface area contributed by atoms with Gasteiger partial charge in [0, 0.05) is 19.7 Å². The maximum Gasteiger partial charge on any atom is 0.331 e. The summed E-state index contributed by atoms with van der Waals surface area (Å²) < 4.78 is 2.68. The van der Waals surface area contributed by atoms with Crippen LogP contribution in [0.4, 0.5) is 0 Å². The summed E-state index contributed by atoms with van der Waals surface area (Å²) in [6.07, 6.45) is 0. The van der Waals surface area contributed by atoms with Crippen LogP contribution in [-0.4, -0.2) is 9.13 Å². The van der Waals surface area contributed by atoms with Gasteiger partial charge in [0.1, 0.15) is 10.2 Å². The van der Waals surface area contributed by atoms with Gasteiger partial charge in [0.05, 0.1) is 0 Å². The van der Waals surface area contributed by atoms with Crippen LogP contribution in [0.15, 0.2) is 44.4 Å². The van der Waals surface area contributed by atoms with Crippen molar-refractivity contribution in [2.75, 3.05) is 0 Å². The average molecular weight is 319 g/mol. The number of rotatable bonds is 0. The normalized spacial score (nSPS) is 9.84. The Labute approximate surface area is 118 Å². The van der Waals surface area contributed by atoms with Crippen LogP contribution in [0.5, 0.6) is 0 Å². The van der Waals surface area contributed by atoms with E-state index in [2.05, 4.69) is 27.8 Å². The van der Waals surface area contributed by atoms with Crippen LogP contribution in [0.2, 0.25) is 0 Å². The molecule has 0 fully saturated rings. The lowest BCUT2D eigenvalue weighted by atomic mass is 10.2. The van der Waals surface area contributed by atoms with Gasteiger partial charge in [0.15, 0.2) is 0 Å². The second kappa shape index (κ2) is 5.29. The second-order valence-electron chi connectivity index (χ2n) is 3.98. The fourth-order valence-electron chi connectivity index (χ4n) is 1.59. The molecule has 0 radical (unpaired) electrons. The molecular formula is C14H11BrN2O2. The Morgan fingerprint density at radius 3 is 2.26 bits per heavy atom. The van der Waals surface area contributed by atoms with Crippen LogP contribution in [0.25, 0.3) is 0 Å². The summed E-state index contributed by atoms with van der Waals surface area (Å²) in [6, 6.07) is 9.37. The minimum absolute atomic E-state index is 0.292. The smallest absolute Gasteiger partial charge is 0.288 e. The van der Waals surface area contributed by atoms with E-state index in [9.17, 15) is 9.59 Å². The van der Waals surface area contributed by atoms with Gasteiger partial charge in [-0.1, -0.05) is 24.1 Å². The Morgan fingerprint density at radius 1 is 1.00 bits per heavy atom. The topological polar surface area (TPSA) is 44.0 Å². The second-order valence-corrected chi connectivity index (χ2v) is 4.78. The molecule has 0 amide bonds. The first kappa shape index (κ1) is 13.4. The van der Waals surface area contributed by atoms with Crippen molar-refractivity contribution in [3.05, 3.63) is 66.9 Å². The standard InChI is InChI=1S/C14H11BrN2O2/c1-16-11(9-8-10-6-4-3-5-7-10)12(15)13(18)17(2)14(16)19/h3-7H,1-2H3. The van der Waals surface area contributed by atoms with E-state index >= 15 is 0 Å². The van der Waals surface area contributed by atoms with Crippen molar-refractivity contribution >= 4 is 15.9 Å².